The van der Waals surface area contributed by atoms with E-state index in [2.05, 4.69) is 36.1 Å². The van der Waals surface area contributed by atoms with Gasteiger partial charge in [-0.15, -0.1) is 0 Å². The van der Waals surface area contributed by atoms with E-state index in [0.717, 1.165) is 26.2 Å². The van der Waals surface area contributed by atoms with Crippen LogP contribution in [-0.2, 0) is 13.1 Å². The van der Waals surface area contributed by atoms with Crippen molar-refractivity contribution in [1.29, 1.82) is 5.26 Å². The number of aryl methyl sites for hydroxylation is 1. The van der Waals surface area contributed by atoms with Crippen molar-refractivity contribution in [2.75, 3.05) is 13.1 Å². The molecule has 1 heterocycles. The minimum atomic E-state index is 0.593. The molecular weight excluding hydrogens is 188 g/mol. The van der Waals surface area contributed by atoms with E-state index >= 15 is 0 Å². The molecule has 15 heavy (non-hydrogen) atoms. The van der Waals surface area contributed by atoms with Gasteiger partial charge in [-0.05, 0) is 13.5 Å². The van der Waals surface area contributed by atoms with Crippen molar-refractivity contribution in [3.05, 3.63) is 18.0 Å². The van der Waals surface area contributed by atoms with E-state index < -0.39 is 0 Å². The molecule has 0 saturated carbocycles. The molecule has 4 nitrogen and oxygen atoms in total. The van der Waals surface area contributed by atoms with Crippen LogP contribution < -0.4 is 0 Å². The van der Waals surface area contributed by atoms with Crippen LogP contribution >= 0.6 is 0 Å². The zero-order valence-electron chi connectivity index (χ0n) is 9.48. The van der Waals surface area contributed by atoms with Gasteiger partial charge in [0.25, 0.3) is 0 Å². The fourth-order valence-electron chi connectivity index (χ4n) is 1.48. The number of aromatic nitrogens is 2. The lowest BCUT2D eigenvalue weighted by molar-refractivity contribution is 0.286. The molecule has 1 aromatic rings. The van der Waals surface area contributed by atoms with Crippen molar-refractivity contribution < 1.29 is 0 Å². The Balaban J connectivity index is 2.47. The first-order valence-corrected chi connectivity index (χ1v) is 5.40. The summed E-state index contributed by atoms with van der Waals surface area (Å²) in [6, 6.07) is 2.17. The summed E-state index contributed by atoms with van der Waals surface area (Å²) in [5, 5.41) is 12.8. The minimum Gasteiger partial charge on any atom is -0.298 e. The molecule has 0 amide bonds. The van der Waals surface area contributed by atoms with Gasteiger partial charge in [-0.3, -0.25) is 9.58 Å². The molecule has 0 spiro atoms. The summed E-state index contributed by atoms with van der Waals surface area (Å²) < 4.78 is 1.92. The first-order valence-electron chi connectivity index (χ1n) is 5.40. The van der Waals surface area contributed by atoms with Gasteiger partial charge in [0.05, 0.1) is 12.3 Å². The van der Waals surface area contributed by atoms with Crippen molar-refractivity contribution in [3.63, 3.8) is 0 Å². The van der Waals surface area contributed by atoms with Crippen LogP contribution in [0.25, 0.3) is 0 Å². The van der Waals surface area contributed by atoms with Gasteiger partial charge in [0.1, 0.15) is 0 Å². The van der Waals surface area contributed by atoms with Gasteiger partial charge in [-0.25, -0.2) is 0 Å². The van der Waals surface area contributed by atoms with Crippen molar-refractivity contribution in [2.24, 2.45) is 0 Å². The number of hydrogen-bond acceptors (Lipinski definition) is 3. The van der Waals surface area contributed by atoms with Gasteiger partial charge < -0.3 is 0 Å². The average Bonchev–Trinajstić information content (AvgIpc) is 2.71. The number of rotatable bonds is 6. The third-order valence-corrected chi connectivity index (χ3v) is 2.40. The Labute approximate surface area is 91.1 Å². The van der Waals surface area contributed by atoms with Crippen molar-refractivity contribution >= 4 is 0 Å². The highest BCUT2D eigenvalue weighted by Crippen LogP contribution is 2.04. The summed E-state index contributed by atoms with van der Waals surface area (Å²) >= 11 is 0. The lowest BCUT2D eigenvalue weighted by Crippen LogP contribution is -2.23. The Kier molecular flexibility index (Phi) is 4.85. The molecule has 0 bridgehead atoms. The molecule has 0 saturated heterocycles. The smallest absolute Gasteiger partial charge is 0.0635 e. The highest BCUT2D eigenvalue weighted by molar-refractivity contribution is 5.03. The Morgan fingerprint density at radius 1 is 1.53 bits per heavy atom. The topological polar surface area (TPSA) is 44.9 Å². The highest BCUT2D eigenvalue weighted by atomic mass is 15.3. The fraction of sp³-hybridized carbons (Fsp3) is 0.636. The molecule has 0 radical (unpaired) electrons. The fourth-order valence-corrected chi connectivity index (χ4v) is 1.48. The largest absolute Gasteiger partial charge is 0.298 e. The van der Waals surface area contributed by atoms with E-state index in [9.17, 15) is 0 Å². The summed E-state index contributed by atoms with van der Waals surface area (Å²) in [7, 11) is 0. The summed E-state index contributed by atoms with van der Waals surface area (Å²) in [5.41, 5.74) is 1.22. The van der Waals surface area contributed by atoms with Gasteiger partial charge in [-0.1, -0.05) is 6.92 Å². The van der Waals surface area contributed by atoms with Crippen LogP contribution in [0.4, 0.5) is 0 Å². The molecule has 0 N–H and O–H groups in total. The van der Waals surface area contributed by atoms with Crippen LogP contribution in [0.1, 0.15) is 25.8 Å². The molecule has 0 aliphatic heterocycles. The molecule has 1 aromatic heterocycles. The third-order valence-electron chi connectivity index (χ3n) is 2.40. The molecule has 0 aliphatic rings. The van der Waals surface area contributed by atoms with Crippen molar-refractivity contribution in [3.8, 4) is 6.07 Å². The normalized spacial score (nSPS) is 10.5. The van der Waals surface area contributed by atoms with Crippen LogP contribution in [-0.4, -0.2) is 27.8 Å². The van der Waals surface area contributed by atoms with Crippen LogP contribution in [0, 0.1) is 11.3 Å². The third kappa shape index (κ3) is 3.72. The SMILES string of the molecule is CCN(CCC#N)Cc1cnn(CC)c1. The van der Waals surface area contributed by atoms with E-state index in [4.69, 9.17) is 5.26 Å². The predicted molar refractivity (Wildman–Crippen MR) is 59.1 cm³/mol. The van der Waals surface area contributed by atoms with Crippen LogP contribution in [0.15, 0.2) is 12.4 Å². The Morgan fingerprint density at radius 3 is 2.87 bits per heavy atom. The zero-order valence-corrected chi connectivity index (χ0v) is 9.48. The van der Waals surface area contributed by atoms with Crippen LogP contribution in [0.3, 0.4) is 0 Å². The summed E-state index contributed by atoms with van der Waals surface area (Å²) in [6.07, 6.45) is 4.56. The van der Waals surface area contributed by atoms with E-state index in [1.165, 1.54) is 5.56 Å². The maximum Gasteiger partial charge on any atom is 0.0635 e. The maximum absolute atomic E-state index is 8.53. The van der Waals surface area contributed by atoms with Gasteiger partial charge in [0, 0.05) is 37.8 Å². The molecular formula is C11H18N4. The molecule has 0 fully saturated rings. The lowest BCUT2D eigenvalue weighted by Gasteiger charge is -2.17. The van der Waals surface area contributed by atoms with Crippen LogP contribution in [0.2, 0.25) is 0 Å². The first kappa shape index (κ1) is 11.7. The second-order valence-corrected chi connectivity index (χ2v) is 3.48. The second-order valence-electron chi connectivity index (χ2n) is 3.48. The standard InChI is InChI=1S/C11H18N4/c1-3-14(7-5-6-12)9-11-8-13-15(4-2)10-11/h8,10H,3-5,7,9H2,1-2H3. The summed E-state index contributed by atoms with van der Waals surface area (Å²) in [5.74, 6) is 0. The van der Waals surface area contributed by atoms with Gasteiger partial charge in [0.15, 0.2) is 0 Å². The first-order chi connectivity index (χ1) is 7.30. The van der Waals surface area contributed by atoms with Gasteiger partial charge in [0.2, 0.25) is 0 Å². The van der Waals surface area contributed by atoms with Crippen molar-refractivity contribution in [2.45, 2.75) is 33.4 Å². The molecule has 0 atom stereocenters. The summed E-state index contributed by atoms with van der Waals surface area (Å²) in [4.78, 5) is 2.25. The second kappa shape index (κ2) is 6.20. The molecule has 82 valence electrons. The quantitative estimate of drug-likeness (QED) is 0.710. The number of hydrogen-bond donors (Lipinski definition) is 0. The predicted octanol–water partition coefficient (Wildman–Crippen LogP) is 1.64. The van der Waals surface area contributed by atoms with E-state index in [1.807, 2.05) is 10.9 Å². The Bertz CT molecular complexity index is 324. The van der Waals surface area contributed by atoms with E-state index in [1.54, 1.807) is 0 Å². The Hall–Kier alpha value is -1.34. The number of nitriles is 1. The summed E-state index contributed by atoms with van der Waals surface area (Å²) in [6.45, 7) is 7.79. The van der Waals surface area contributed by atoms with Crippen LogP contribution in [0.5, 0.6) is 0 Å². The molecule has 0 aliphatic carbocycles. The van der Waals surface area contributed by atoms with Crippen molar-refractivity contribution in [1.82, 2.24) is 14.7 Å². The molecule has 4 heteroatoms. The molecule has 1 rings (SSSR count). The maximum atomic E-state index is 8.53. The van der Waals surface area contributed by atoms with E-state index in [0.29, 0.717) is 6.42 Å². The average molecular weight is 206 g/mol. The van der Waals surface area contributed by atoms with Gasteiger partial charge >= 0.3 is 0 Å². The van der Waals surface area contributed by atoms with E-state index in [-0.39, 0.29) is 0 Å². The highest BCUT2D eigenvalue weighted by Gasteiger charge is 2.04. The molecule has 0 aromatic carbocycles. The zero-order chi connectivity index (χ0) is 11.1. The molecule has 0 unspecified atom stereocenters. The number of nitrogens with zero attached hydrogens (tertiary/aromatic N) is 4. The van der Waals surface area contributed by atoms with Gasteiger partial charge in [-0.2, -0.15) is 10.4 Å². The lowest BCUT2D eigenvalue weighted by atomic mass is 10.3. The monoisotopic (exact) mass is 206 g/mol. The minimum absolute atomic E-state index is 0.593. The Morgan fingerprint density at radius 2 is 2.33 bits per heavy atom.